The van der Waals surface area contributed by atoms with Gasteiger partial charge in [-0.2, -0.15) is 0 Å². The molecule has 26 heavy (non-hydrogen) atoms. The number of nitrogens with one attached hydrogen (secondary N) is 2. The van der Waals surface area contributed by atoms with Gasteiger partial charge >= 0.3 is 0 Å². The van der Waals surface area contributed by atoms with Crippen LogP contribution >= 0.6 is 0 Å². The van der Waals surface area contributed by atoms with Crippen LogP contribution in [-0.2, 0) is 16.0 Å². The molecule has 6 nitrogen and oxygen atoms in total. The maximum atomic E-state index is 12.3. The SMILES string of the molecule is COc1ccc(CCNC(=O)CC2=C3CCCCC3NC2=O)cc1OC. The van der Waals surface area contributed by atoms with Crippen LogP contribution in [0.25, 0.3) is 0 Å². The van der Waals surface area contributed by atoms with Gasteiger partial charge in [0.1, 0.15) is 0 Å². The lowest BCUT2D eigenvalue weighted by atomic mass is 9.88. The number of carbonyl (C=O) groups excluding carboxylic acids is 2. The van der Waals surface area contributed by atoms with Crippen LogP contribution in [0.2, 0.25) is 0 Å². The van der Waals surface area contributed by atoms with Crippen LogP contribution in [0.5, 0.6) is 11.5 Å². The van der Waals surface area contributed by atoms with Crippen molar-refractivity contribution in [3.8, 4) is 11.5 Å². The van der Waals surface area contributed by atoms with Gasteiger partial charge in [-0.25, -0.2) is 0 Å². The van der Waals surface area contributed by atoms with Crippen molar-refractivity contribution >= 4 is 11.8 Å². The number of hydrogen-bond donors (Lipinski definition) is 2. The van der Waals surface area contributed by atoms with Crippen molar-refractivity contribution in [2.24, 2.45) is 0 Å². The third-order valence-corrected chi connectivity index (χ3v) is 5.10. The first-order chi connectivity index (χ1) is 12.6. The second kappa shape index (κ2) is 8.25. The summed E-state index contributed by atoms with van der Waals surface area (Å²) >= 11 is 0. The smallest absolute Gasteiger partial charge is 0.248 e. The highest BCUT2D eigenvalue weighted by atomic mass is 16.5. The number of hydrogen-bond acceptors (Lipinski definition) is 4. The molecule has 1 aliphatic carbocycles. The molecule has 0 bridgehead atoms. The number of methoxy groups -OCH3 is 2. The molecule has 2 aliphatic rings. The van der Waals surface area contributed by atoms with Crippen molar-refractivity contribution in [2.75, 3.05) is 20.8 Å². The third kappa shape index (κ3) is 4.00. The van der Waals surface area contributed by atoms with E-state index < -0.39 is 0 Å². The Hall–Kier alpha value is -2.50. The largest absolute Gasteiger partial charge is 0.493 e. The summed E-state index contributed by atoms with van der Waals surface area (Å²) in [4.78, 5) is 24.4. The van der Waals surface area contributed by atoms with E-state index in [-0.39, 0.29) is 24.3 Å². The molecule has 1 aromatic carbocycles. The minimum atomic E-state index is -0.102. The molecule has 1 saturated carbocycles. The van der Waals surface area contributed by atoms with E-state index in [0.29, 0.717) is 30.0 Å². The molecule has 0 radical (unpaired) electrons. The molecule has 0 aromatic heterocycles. The number of amides is 2. The van der Waals surface area contributed by atoms with Crippen molar-refractivity contribution in [3.63, 3.8) is 0 Å². The molecule has 140 valence electrons. The van der Waals surface area contributed by atoms with Crippen molar-refractivity contribution in [1.29, 1.82) is 0 Å². The van der Waals surface area contributed by atoms with E-state index in [1.165, 1.54) is 0 Å². The average Bonchev–Trinajstić information content (AvgIpc) is 2.97. The van der Waals surface area contributed by atoms with Gasteiger partial charge in [-0.1, -0.05) is 12.5 Å². The number of fused-ring (bicyclic) bond motifs is 1. The normalized spacial score (nSPS) is 19.0. The fraction of sp³-hybridized carbons (Fsp3) is 0.500. The van der Waals surface area contributed by atoms with Crippen LogP contribution in [0.3, 0.4) is 0 Å². The first-order valence-electron chi connectivity index (χ1n) is 9.12. The Labute approximate surface area is 153 Å². The summed E-state index contributed by atoms with van der Waals surface area (Å²) in [5, 5.41) is 5.91. The molecule has 1 unspecified atom stereocenters. The monoisotopic (exact) mass is 358 g/mol. The Morgan fingerprint density at radius 2 is 2.04 bits per heavy atom. The third-order valence-electron chi connectivity index (χ3n) is 5.10. The van der Waals surface area contributed by atoms with E-state index in [2.05, 4.69) is 10.6 Å². The first kappa shape index (κ1) is 18.3. The van der Waals surface area contributed by atoms with E-state index >= 15 is 0 Å². The number of benzene rings is 1. The number of rotatable bonds is 7. The van der Waals surface area contributed by atoms with Crippen LogP contribution in [0, 0.1) is 0 Å². The second-order valence-corrected chi connectivity index (χ2v) is 6.74. The molecular formula is C20H26N2O4. The van der Waals surface area contributed by atoms with E-state index in [1.54, 1.807) is 14.2 Å². The van der Waals surface area contributed by atoms with E-state index in [9.17, 15) is 9.59 Å². The predicted molar refractivity (Wildman–Crippen MR) is 98.3 cm³/mol. The molecule has 6 heteroatoms. The van der Waals surface area contributed by atoms with Crippen molar-refractivity contribution < 1.29 is 19.1 Å². The zero-order valence-corrected chi connectivity index (χ0v) is 15.4. The van der Waals surface area contributed by atoms with Gasteiger partial charge < -0.3 is 20.1 Å². The Kier molecular flexibility index (Phi) is 5.81. The van der Waals surface area contributed by atoms with Crippen LogP contribution in [0.15, 0.2) is 29.3 Å². The summed E-state index contributed by atoms with van der Waals surface area (Å²) in [7, 11) is 3.20. The maximum absolute atomic E-state index is 12.3. The molecule has 3 rings (SSSR count). The zero-order valence-electron chi connectivity index (χ0n) is 15.4. The van der Waals surface area contributed by atoms with Gasteiger partial charge in [0.2, 0.25) is 11.8 Å². The molecule has 0 saturated heterocycles. The molecule has 2 amide bonds. The van der Waals surface area contributed by atoms with Crippen LogP contribution in [0.4, 0.5) is 0 Å². The molecule has 1 aliphatic heterocycles. The molecule has 0 spiro atoms. The fourth-order valence-corrected chi connectivity index (χ4v) is 3.72. The highest BCUT2D eigenvalue weighted by Crippen LogP contribution is 2.32. The van der Waals surface area contributed by atoms with Gasteiger partial charge in [0.25, 0.3) is 0 Å². The highest BCUT2D eigenvalue weighted by Gasteiger charge is 2.33. The second-order valence-electron chi connectivity index (χ2n) is 6.74. The van der Waals surface area contributed by atoms with Crippen molar-refractivity contribution in [3.05, 3.63) is 34.9 Å². The fourth-order valence-electron chi connectivity index (χ4n) is 3.72. The summed E-state index contributed by atoms with van der Waals surface area (Å²) in [5.74, 6) is 1.19. The van der Waals surface area contributed by atoms with Gasteiger partial charge in [0, 0.05) is 12.1 Å². The predicted octanol–water partition coefficient (Wildman–Crippen LogP) is 2.12. The van der Waals surface area contributed by atoms with Crippen LogP contribution in [0.1, 0.15) is 37.7 Å². The Morgan fingerprint density at radius 3 is 2.81 bits per heavy atom. The Morgan fingerprint density at radius 1 is 1.23 bits per heavy atom. The molecule has 1 heterocycles. The van der Waals surface area contributed by atoms with Gasteiger partial charge in [-0.15, -0.1) is 0 Å². The number of carbonyl (C=O) groups is 2. The topological polar surface area (TPSA) is 76.7 Å². The van der Waals surface area contributed by atoms with Gasteiger partial charge in [-0.05, 0) is 49.0 Å². The Balaban J connectivity index is 1.52. The zero-order chi connectivity index (χ0) is 18.5. The lowest BCUT2D eigenvalue weighted by molar-refractivity contribution is -0.123. The molecule has 1 atom stereocenters. The average molecular weight is 358 g/mol. The maximum Gasteiger partial charge on any atom is 0.248 e. The first-order valence-corrected chi connectivity index (χ1v) is 9.12. The minimum absolute atomic E-state index is 0.0676. The van der Waals surface area contributed by atoms with Crippen LogP contribution < -0.4 is 20.1 Å². The van der Waals surface area contributed by atoms with E-state index in [4.69, 9.17) is 9.47 Å². The summed E-state index contributed by atoms with van der Waals surface area (Å²) in [6.07, 6.45) is 5.02. The summed E-state index contributed by atoms with van der Waals surface area (Å²) in [6.45, 7) is 0.516. The quantitative estimate of drug-likeness (QED) is 0.783. The minimum Gasteiger partial charge on any atom is -0.493 e. The number of ether oxygens (including phenoxy) is 2. The van der Waals surface area contributed by atoms with E-state index in [0.717, 1.165) is 36.8 Å². The van der Waals surface area contributed by atoms with Crippen LogP contribution in [-0.4, -0.2) is 38.6 Å². The summed E-state index contributed by atoms with van der Waals surface area (Å²) in [5.41, 5.74) is 2.88. The molecular weight excluding hydrogens is 332 g/mol. The lowest BCUT2D eigenvalue weighted by Crippen LogP contribution is -2.31. The Bertz CT molecular complexity index is 727. The summed E-state index contributed by atoms with van der Waals surface area (Å²) in [6, 6.07) is 5.88. The highest BCUT2D eigenvalue weighted by molar-refractivity contribution is 6.02. The molecule has 1 aromatic rings. The van der Waals surface area contributed by atoms with Gasteiger partial charge in [0.05, 0.1) is 26.7 Å². The lowest BCUT2D eigenvalue weighted by Gasteiger charge is -2.20. The van der Waals surface area contributed by atoms with Gasteiger partial charge in [-0.3, -0.25) is 9.59 Å². The van der Waals surface area contributed by atoms with Gasteiger partial charge in [0.15, 0.2) is 11.5 Å². The summed E-state index contributed by atoms with van der Waals surface area (Å²) < 4.78 is 10.5. The standard InChI is InChI=1S/C20H26N2O4/c1-25-17-8-7-13(11-18(17)26-2)9-10-21-19(23)12-15-14-5-3-4-6-16(14)22-20(15)24/h7-8,11,16H,3-6,9-10,12H2,1-2H3,(H,21,23)(H,22,24). The van der Waals surface area contributed by atoms with Crippen molar-refractivity contribution in [1.82, 2.24) is 10.6 Å². The van der Waals surface area contributed by atoms with Crippen molar-refractivity contribution in [2.45, 2.75) is 44.6 Å². The molecule has 2 N–H and O–H groups in total. The van der Waals surface area contributed by atoms with E-state index in [1.807, 2.05) is 18.2 Å². The molecule has 1 fully saturated rings.